The van der Waals surface area contributed by atoms with E-state index < -0.39 is 5.91 Å². The van der Waals surface area contributed by atoms with Gasteiger partial charge in [0.2, 0.25) is 6.29 Å². The van der Waals surface area contributed by atoms with Gasteiger partial charge in [-0.15, -0.1) is 0 Å². The molecule has 0 aromatic carbocycles. The molecular formula is C12H18ClN3O2. The molecule has 0 radical (unpaired) electrons. The molecule has 1 rings (SSSR count). The highest BCUT2D eigenvalue weighted by molar-refractivity contribution is 6.31. The van der Waals surface area contributed by atoms with Crippen LogP contribution in [0.25, 0.3) is 0 Å². The van der Waals surface area contributed by atoms with Crippen molar-refractivity contribution in [1.29, 1.82) is 0 Å². The molecule has 6 heteroatoms. The van der Waals surface area contributed by atoms with Crippen LogP contribution in [0.3, 0.4) is 0 Å². The van der Waals surface area contributed by atoms with Crippen LogP contribution in [0.4, 0.5) is 5.82 Å². The van der Waals surface area contributed by atoms with Gasteiger partial charge in [-0.2, -0.15) is 0 Å². The largest absolute Gasteiger partial charge is 0.317 e. The molecule has 0 fully saturated rings. The maximum atomic E-state index is 10.5. The molecule has 0 aliphatic rings. The van der Waals surface area contributed by atoms with Crippen molar-refractivity contribution in [1.82, 2.24) is 10.3 Å². The van der Waals surface area contributed by atoms with Crippen LogP contribution in [-0.2, 0) is 9.59 Å². The second-order valence-electron chi connectivity index (χ2n) is 3.57. The summed E-state index contributed by atoms with van der Waals surface area (Å²) in [5, 5.41) is 5.83. The van der Waals surface area contributed by atoms with E-state index in [0.717, 1.165) is 0 Å². The third-order valence-corrected chi connectivity index (χ3v) is 2.41. The molecule has 0 aliphatic carbocycles. The number of carbonyl (C=O) groups excluding carboxylic acids is 2. The van der Waals surface area contributed by atoms with Crippen LogP contribution in [0.5, 0.6) is 0 Å². The average Bonchev–Trinajstić information content (AvgIpc) is 2.41. The van der Waals surface area contributed by atoms with Crippen molar-refractivity contribution in [2.24, 2.45) is 0 Å². The summed E-state index contributed by atoms with van der Waals surface area (Å²) >= 11 is 5.54. The predicted octanol–water partition coefficient (Wildman–Crippen LogP) is 1.88. The highest BCUT2D eigenvalue weighted by Crippen LogP contribution is 2.08. The lowest BCUT2D eigenvalue weighted by Crippen LogP contribution is -2.19. The van der Waals surface area contributed by atoms with E-state index in [1.165, 1.54) is 18.7 Å². The van der Waals surface area contributed by atoms with Gasteiger partial charge in [0, 0.05) is 12.2 Å². The number of amides is 1. The number of halogens is 1. The van der Waals surface area contributed by atoms with Crippen LogP contribution in [0.2, 0.25) is 5.02 Å². The van der Waals surface area contributed by atoms with E-state index in [1.54, 1.807) is 6.07 Å². The van der Waals surface area contributed by atoms with Crippen LogP contribution in [-0.4, -0.2) is 30.3 Å². The summed E-state index contributed by atoms with van der Waals surface area (Å²) in [5.41, 5.74) is 0. The van der Waals surface area contributed by atoms with Gasteiger partial charge in [0.15, 0.2) is 0 Å². The summed E-state index contributed by atoms with van der Waals surface area (Å²) in [6.45, 7) is 4.33. The summed E-state index contributed by atoms with van der Waals surface area (Å²) in [4.78, 5) is 24.2. The van der Waals surface area contributed by atoms with Crippen molar-refractivity contribution in [3.05, 3.63) is 23.4 Å². The number of carbonyl (C=O) groups is 2. The molecule has 1 atom stereocenters. The van der Waals surface area contributed by atoms with Crippen LogP contribution in [0.1, 0.15) is 20.3 Å². The van der Waals surface area contributed by atoms with E-state index >= 15 is 0 Å². The van der Waals surface area contributed by atoms with Gasteiger partial charge in [0.1, 0.15) is 5.82 Å². The van der Waals surface area contributed by atoms with Crippen LogP contribution < -0.4 is 10.6 Å². The number of hydrogen-bond donors (Lipinski definition) is 2. The Morgan fingerprint density at radius 3 is 2.56 bits per heavy atom. The maximum Gasteiger partial charge on any atom is 0.289 e. The van der Waals surface area contributed by atoms with Gasteiger partial charge >= 0.3 is 0 Å². The molecule has 0 saturated carbocycles. The number of nitrogens with zero attached hydrogens (tertiary/aromatic N) is 1. The standard InChI is InChI=1S/C7H5ClN2O2.C5H13N/c8-5-1-2-6(9-3-5)10-7(12)4-11;1-4-5(2)6-3/h1-4H,(H,9,10,12);5-6H,4H2,1-3H3/t;5-/m.0/s1. The smallest absolute Gasteiger partial charge is 0.289 e. The van der Waals surface area contributed by atoms with Crippen LogP contribution >= 0.6 is 11.6 Å². The first-order valence-corrected chi connectivity index (χ1v) is 5.96. The number of rotatable bonds is 4. The number of nitrogens with one attached hydrogen (secondary N) is 2. The van der Waals surface area contributed by atoms with Crippen molar-refractivity contribution in [2.75, 3.05) is 12.4 Å². The lowest BCUT2D eigenvalue weighted by Gasteiger charge is -2.02. The summed E-state index contributed by atoms with van der Waals surface area (Å²) in [6.07, 6.45) is 2.77. The normalized spacial score (nSPS) is 10.9. The second-order valence-corrected chi connectivity index (χ2v) is 4.00. The minimum atomic E-state index is -0.732. The lowest BCUT2D eigenvalue weighted by molar-refractivity contribution is -0.127. The highest BCUT2D eigenvalue weighted by atomic mass is 35.5. The van der Waals surface area contributed by atoms with Crippen molar-refractivity contribution in [3.8, 4) is 0 Å². The quantitative estimate of drug-likeness (QED) is 0.648. The fraction of sp³-hybridized carbons (Fsp3) is 0.417. The third-order valence-electron chi connectivity index (χ3n) is 2.19. The third kappa shape index (κ3) is 7.76. The van der Waals surface area contributed by atoms with Gasteiger partial charge in [-0.25, -0.2) is 4.98 Å². The van der Waals surface area contributed by atoms with Gasteiger partial charge in [0.05, 0.1) is 5.02 Å². The molecule has 2 N–H and O–H groups in total. The zero-order chi connectivity index (χ0) is 14.0. The van der Waals surface area contributed by atoms with Gasteiger partial charge < -0.3 is 10.6 Å². The fourth-order valence-electron chi connectivity index (χ4n) is 0.810. The highest BCUT2D eigenvalue weighted by Gasteiger charge is 1.99. The van der Waals surface area contributed by atoms with Gasteiger partial charge in [0.25, 0.3) is 5.91 Å². The van der Waals surface area contributed by atoms with Gasteiger partial charge in [-0.1, -0.05) is 18.5 Å². The summed E-state index contributed by atoms with van der Waals surface area (Å²) in [5.74, 6) is -0.429. The molecule has 18 heavy (non-hydrogen) atoms. The molecule has 1 aromatic heterocycles. The van der Waals surface area contributed by atoms with E-state index in [2.05, 4.69) is 29.5 Å². The Kier molecular flexibility index (Phi) is 8.78. The fourth-order valence-corrected chi connectivity index (χ4v) is 0.921. The number of pyridine rings is 1. The first kappa shape index (κ1) is 16.5. The van der Waals surface area contributed by atoms with E-state index in [4.69, 9.17) is 11.6 Å². The zero-order valence-electron chi connectivity index (χ0n) is 10.7. The zero-order valence-corrected chi connectivity index (χ0v) is 11.5. The van der Waals surface area contributed by atoms with E-state index in [0.29, 0.717) is 16.9 Å². The average molecular weight is 272 g/mol. The lowest BCUT2D eigenvalue weighted by atomic mass is 10.3. The molecule has 1 amide bonds. The minimum Gasteiger partial charge on any atom is -0.317 e. The minimum absolute atomic E-state index is 0.177. The van der Waals surface area contributed by atoms with Gasteiger partial charge in [-0.05, 0) is 32.5 Å². The van der Waals surface area contributed by atoms with Crippen molar-refractivity contribution in [2.45, 2.75) is 26.3 Å². The molecule has 5 nitrogen and oxygen atoms in total. The molecule has 100 valence electrons. The number of hydrogen-bond acceptors (Lipinski definition) is 4. The molecule has 0 unspecified atom stereocenters. The first-order chi connectivity index (χ1) is 8.53. The maximum absolute atomic E-state index is 10.5. The number of aromatic nitrogens is 1. The second kappa shape index (κ2) is 9.56. The first-order valence-electron chi connectivity index (χ1n) is 5.58. The molecule has 0 bridgehead atoms. The topological polar surface area (TPSA) is 71.1 Å². The number of aldehydes is 1. The monoisotopic (exact) mass is 271 g/mol. The predicted molar refractivity (Wildman–Crippen MR) is 72.8 cm³/mol. The summed E-state index contributed by atoms with van der Waals surface area (Å²) < 4.78 is 0. The Balaban J connectivity index is 0.000000411. The Labute approximate surface area is 112 Å². The molecule has 0 saturated heterocycles. The van der Waals surface area contributed by atoms with Crippen molar-refractivity contribution >= 4 is 29.6 Å². The van der Waals surface area contributed by atoms with Crippen LogP contribution in [0, 0.1) is 0 Å². The van der Waals surface area contributed by atoms with Crippen molar-refractivity contribution < 1.29 is 9.59 Å². The van der Waals surface area contributed by atoms with E-state index in [1.807, 2.05) is 7.05 Å². The Hall–Kier alpha value is -1.46. The van der Waals surface area contributed by atoms with Gasteiger partial charge in [-0.3, -0.25) is 9.59 Å². The Bertz CT molecular complexity index is 364. The molecule has 0 spiro atoms. The number of anilines is 1. The summed E-state index contributed by atoms with van der Waals surface area (Å²) in [7, 11) is 1.98. The van der Waals surface area contributed by atoms with E-state index in [9.17, 15) is 9.59 Å². The Morgan fingerprint density at radius 2 is 2.22 bits per heavy atom. The van der Waals surface area contributed by atoms with Crippen molar-refractivity contribution in [3.63, 3.8) is 0 Å². The molecular weight excluding hydrogens is 254 g/mol. The Morgan fingerprint density at radius 1 is 1.56 bits per heavy atom. The summed E-state index contributed by atoms with van der Waals surface area (Å²) in [6, 6.07) is 3.75. The molecule has 1 aromatic rings. The SMILES string of the molecule is CC[C@H](C)NC.O=CC(=O)Nc1ccc(Cl)cn1. The molecule has 0 aliphatic heterocycles. The molecule has 1 heterocycles. The van der Waals surface area contributed by atoms with Crippen LogP contribution in [0.15, 0.2) is 18.3 Å². The van der Waals surface area contributed by atoms with E-state index in [-0.39, 0.29) is 6.29 Å².